The van der Waals surface area contributed by atoms with Crippen molar-refractivity contribution in [2.24, 2.45) is 0 Å². The molecule has 0 fully saturated rings. The van der Waals surface area contributed by atoms with Crippen LogP contribution in [0.15, 0.2) is 71.2 Å². The summed E-state index contributed by atoms with van der Waals surface area (Å²) in [5.74, 6) is 0.217. The summed E-state index contributed by atoms with van der Waals surface area (Å²) in [6, 6.07) is 19.8. The van der Waals surface area contributed by atoms with Crippen molar-refractivity contribution in [3.63, 3.8) is 0 Å². The zero-order valence-electron chi connectivity index (χ0n) is 14.2. The highest BCUT2D eigenvalue weighted by Crippen LogP contribution is 2.32. The van der Waals surface area contributed by atoms with E-state index in [0.717, 1.165) is 16.8 Å². The summed E-state index contributed by atoms with van der Waals surface area (Å²) in [4.78, 5) is 12.2. The third kappa shape index (κ3) is 3.78. The normalized spacial score (nSPS) is 14.1. The zero-order chi connectivity index (χ0) is 18.8. The fourth-order valence-corrected chi connectivity index (χ4v) is 3.24. The number of hydrogen-bond donors (Lipinski definition) is 1. The van der Waals surface area contributed by atoms with Gasteiger partial charge in [0.1, 0.15) is 18.2 Å². The summed E-state index contributed by atoms with van der Waals surface area (Å²) >= 11 is 3.24. The SMILES string of the molecule is O=C1Nc2ccccc2/C1=C\c1ccc(OCc2ccc(Br)cc2F)cc1. The second kappa shape index (κ2) is 7.37. The molecule has 0 atom stereocenters. The van der Waals surface area contributed by atoms with E-state index in [-0.39, 0.29) is 18.3 Å². The Labute approximate surface area is 164 Å². The van der Waals surface area contributed by atoms with Gasteiger partial charge in [-0.2, -0.15) is 0 Å². The molecular weight excluding hydrogens is 409 g/mol. The number of benzene rings is 3. The largest absolute Gasteiger partial charge is 0.489 e. The van der Waals surface area contributed by atoms with Gasteiger partial charge in [0.25, 0.3) is 5.91 Å². The Hall–Kier alpha value is -2.92. The van der Waals surface area contributed by atoms with Crippen molar-refractivity contribution in [2.75, 3.05) is 5.32 Å². The maximum Gasteiger partial charge on any atom is 0.256 e. The summed E-state index contributed by atoms with van der Waals surface area (Å²) in [6.07, 6.45) is 1.85. The Morgan fingerprint density at radius 3 is 2.59 bits per heavy atom. The average Bonchev–Trinajstić information content (AvgIpc) is 2.98. The predicted molar refractivity (Wildman–Crippen MR) is 108 cm³/mol. The molecule has 0 saturated heterocycles. The molecule has 1 aliphatic heterocycles. The molecule has 0 aliphatic carbocycles. The van der Waals surface area contributed by atoms with Gasteiger partial charge in [0.15, 0.2) is 0 Å². The van der Waals surface area contributed by atoms with Crippen molar-refractivity contribution < 1.29 is 13.9 Å². The number of nitrogens with one attached hydrogen (secondary N) is 1. The highest BCUT2D eigenvalue weighted by molar-refractivity contribution is 9.10. The average molecular weight is 424 g/mol. The lowest BCUT2D eigenvalue weighted by Crippen LogP contribution is -2.03. The molecule has 3 aromatic carbocycles. The number of carbonyl (C=O) groups is 1. The van der Waals surface area contributed by atoms with Gasteiger partial charge in [0.05, 0.1) is 0 Å². The van der Waals surface area contributed by atoms with E-state index in [4.69, 9.17) is 4.74 Å². The number of anilines is 1. The van der Waals surface area contributed by atoms with Crippen molar-refractivity contribution in [1.29, 1.82) is 0 Å². The van der Waals surface area contributed by atoms with Gasteiger partial charge in [-0.1, -0.05) is 52.3 Å². The van der Waals surface area contributed by atoms with Crippen molar-refractivity contribution in [3.8, 4) is 5.75 Å². The molecule has 5 heteroatoms. The van der Waals surface area contributed by atoms with Gasteiger partial charge in [-0.3, -0.25) is 4.79 Å². The van der Waals surface area contributed by atoms with Crippen LogP contribution in [0.25, 0.3) is 11.6 Å². The molecule has 0 spiro atoms. The Morgan fingerprint density at radius 2 is 1.81 bits per heavy atom. The van der Waals surface area contributed by atoms with Crippen LogP contribution in [0.3, 0.4) is 0 Å². The Morgan fingerprint density at radius 1 is 1.04 bits per heavy atom. The lowest BCUT2D eigenvalue weighted by Gasteiger charge is -2.08. The Bertz CT molecular complexity index is 1040. The van der Waals surface area contributed by atoms with Crippen LogP contribution in [0.1, 0.15) is 16.7 Å². The first-order valence-corrected chi connectivity index (χ1v) is 9.19. The standard InChI is InChI=1S/C22H15BrFNO2/c23-16-8-7-15(20(24)12-16)13-27-17-9-5-14(6-10-17)11-19-18-3-1-2-4-21(18)25-22(19)26/h1-12H,13H2,(H,25,26)/b19-11+. The smallest absolute Gasteiger partial charge is 0.256 e. The molecule has 1 amide bonds. The van der Waals surface area contributed by atoms with E-state index >= 15 is 0 Å². The predicted octanol–water partition coefficient (Wildman–Crippen LogP) is 5.66. The number of hydrogen-bond acceptors (Lipinski definition) is 2. The summed E-state index contributed by atoms with van der Waals surface area (Å²) in [7, 11) is 0. The Balaban J connectivity index is 1.49. The van der Waals surface area contributed by atoms with Crippen molar-refractivity contribution in [1.82, 2.24) is 0 Å². The van der Waals surface area contributed by atoms with Gasteiger partial charge in [-0.15, -0.1) is 0 Å². The molecule has 4 rings (SSSR count). The fourth-order valence-electron chi connectivity index (χ4n) is 2.91. The van der Waals surface area contributed by atoms with Gasteiger partial charge in [-0.25, -0.2) is 4.39 Å². The third-order valence-corrected chi connectivity index (χ3v) is 4.80. The molecule has 0 saturated carbocycles. The van der Waals surface area contributed by atoms with Crippen LogP contribution in [-0.4, -0.2) is 5.91 Å². The number of ether oxygens (including phenoxy) is 1. The first-order valence-electron chi connectivity index (χ1n) is 8.39. The summed E-state index contributed by atoms with van der Waals surface area (Å²) in [6.45, 7) is 0.148. The van der Waals surface area contributed by atoms with E-state index in [9.17, 15) is 9.18 Å². The maximum atomic E-state index is 13.8. The minimum Gasteiger partial charge on any atom is -0.489 e. The monoisotopic (exact) mass is 423 g/mol. The molecule has 0 bridgehead atoms. The van der Waals surface area contributed by atoms with E-state index < -0.39 is 0 Å². The summed E-state index contributed by atoms with van der Waals surface area (Å²) in [5.41, 5.74) is 3.73. The summed E-state index contributed by atoms with van der Waals surface area (Å²) in [5, 5.41) is 2.86. The third-order valence-electron chi connectivity index (χ3n) is 4.31. The minimum absolute atomic E-state index is 0.109. The number of carbonyl (C=O) groups excluding carboxylic acids is 1. The molecule has 3 aromatic rings. The quantitative estimate of drug-likeness (QED) is 0.549. The minimum atomic E-state index is -0.309. The van der Waals surface area contributed by atoms with E-state index in [2.05, 4.69) is 21.2 Å². The van der Waals surface area contributed by atoms with Crippen LogP contribution in [0.2, 0.25) is 0 Å². The van der Waals surface area contributed by atoms with E-state index in [0.29, 0.717) is 21.4 Å². The summed E-state index contributed by atoms with van der Waals surface area (Å²) < 4.78 is 20.2. The molecular formula is C22H15BrFNO2. The highest BCUT2D eigenvalue weighted by atomic mass is 79.9. The van der Waals surface area contributed by atoms with Crippen LogP contribution in [0, 0.1) is 5.82 Å². The van der Waals surface area contributed by atoms with Crippen LogP contribution in [-0.2, 0) is 11.4 Å². The van der Waals surface area contributed by atoms with Gasteiger partial charge in [0, 0.05) is 26.9 Å². The molecule has 3 nitrogen and oxygen atoms in total. The van der Waals surface area contributed by atoms with Crippen LogP contribution >= 0.6 is 15.9 Å². The molecule has 27 heavy (non-hydrogen) atoms. The first-order chi connectivity index (χ1) is 13.1. The Kier molecular flexibility index (Phi) is 4.77. The van der Waals surface area contributed by atoms with Crippen LogP contribution < -0.4 is 10.1 Å². The van der Waals surface area contributed by atoms with Gasteiger partial charge >= 0.3 is 0 Å². The lowest BCUT2D eigenvalue weighted by molar-refractivity contribution is -0.110. The first kappa shape index (κ1) is 17.5. The number of rotatable bonds is 4. The van der Waals surface area contributed by atoms with Crippen molar-refractivity contribution >= 4 is 39.2 Å². The molecule has 134 valence electrons. The number of amides is 1. The van der Waals surface area contributed by atoms with Crippen molar-refractivity contribution in [3.05, 3.63) is 93.7 Å². The van der Waals surface area contributed by atoms with Crippen LogP contribution in [0.5, 0.6) is 5.75 Å². The second-order valence-corrected chi connectivity index (χ2v) is 7.07. The fraction of sp³-hybridized carbons (Fsp3) is 0.0455. The second-order valence-electron chi connectivity index (χ2n) is 6.15. The lowest BCUT2D eigenvalue weighted by atomic mass is 10.0. The number of fused-ring (bicyclic) bond motifs is 1. The zero-order valence-corrected chi connectivity index (χ0v) is 15.8. The van der Waals surface area contributed by atoms with Crippen LogP contribution in [0.4, 0.5) is 10.1 Å². The number of halogens is 2. The molecule has 1 N–H and O–H groups in total. The molecule has 0 unspecified atom stereocenters. The topological polar surface area (TPSA) is 38.3 Å². The molecule has 1 heterocycles. The van der Waals surface area contributed by atoms with E-state index in [1.165, 1.54) is 6.07 Å². The molecule has 1 aliphatic rings. The highest BCUT2D eigenvalue weighted by Gasteiger charge is 2.23. The number of para-hydroxylation sites is 1. The van der Waals surface area contributed by atoms with E-state index in [1.807, 2.05) is 54.6 Å². The van der Waals surface area contributed by atoms with Crippen molar-refractivity contribution in [2.45, 2.75) is 6.61 Å². The van der Waals surface area contributed by atoms with Gasteiger partial charge < -0.3 is 10.1 Å². The molecule has 0 aromatic heterocycles. The maximum absolute atomic E-state index is 13.8. The molecule has 0 radical (unpaired) electrons. The van der Waals surface area contributed by atoms with Gasteiger partial charge in [0.2, 0.25) is 0 Å². The van der Waals surface area contributed by atoms with E-state index in [1.54, 1.807) is 12.1 Å². The van der Waals surface area contributed by atoms with Gasteiger partial charge in [-0.05, 0) is 42.0 Å².